The predicted octanol–water partition coefficient (Wildman–Crippen LogP) is 3.32. The maximum atomic E-state index is 11.1. The van der Waals surface area contributed by atoms with Crippen molar-refractivity contribution >= 4 is 5.97 Å². The van der Waals surface area contributed by atoms with Crippen LogP contribution in [0.25, 0.3) is 0 Å². The minimum Gasteiger partial charge on any atom is -0.463 e. The van der Waals surface area contributed by atoms with E-state index in [4.69, 9.17) is 4.74 Å². The highest BCUT2D eigenvalue weighted by atomic mass is 16.5. The Bertz CT molecular complexity index is 297. The van der Waals surface area contributed by atoms with Crippen LogP contribution in [0.15, 0.2) is 12.7 Å². The highest BCUT2D eigenvalue weighted by Crippen LogP contribution is 2.61. The van der Waals surface area contributed by atoms with Gasteiger partial charge in [-0.2, -0.15) is 0 Å². The predicted molar refractivity (Wildman–Crippen MR) is 66.4 cm³/mol. The largest absolute Gasteiger partial charge is 0.463 e. The summed E-state index contributed by atoms with van der Waals surface area (Å²) in [4.78, 5) is 11.1. The van der Waals surface area contributed by atoms with Crippen LogP contribution in [0.3, 0.4) is 0 Å². The summed E-state index contributed by atoms with van der Waals surface area (Å²) >= 11 is 0. The lowest BCUT2D eigenvalue weighted by atomic mass is 9.49. The summed E-state index contributed by atoms with van der Waals surface area (Å²) in [5.41, 5.74) is 0.524. The monoisotopic (exact) mass is 234 g/mol. The zero-order valence-corrected chi connectivity index (χ0v) is 10.5. The van der Waals surface area contributed by atoms with Crippen LogP contribution in [0.2, 0.25) is 0 Å². The molecule has 0 aromatic rings. The quantitative estimate of drug-likeness (QED) is 0.551. The number of hydrogen-bond donors (Lipinski definition) is 0. The van der Waals surface area contributed by atoms with Crippen molar-refractivity contribution in [3.63, 3.8) is 0 Å². The van der Waals surface area contributed by atoms with Gasteiger partial charge in [0.1, 0.15) is 0 Å². The van der Waals surface area contributed by atoms with Crippen LogP contribution in [0.1, 0.15) is 44.9 Å². The number of rotatable bonds is 4. The Morgan fingerprint density at radius 2 is 1.71 bits per heavy atom. The van der Waals surface area contributed by atoms with E-state index in [0.717, 1.165) is 24.2 Å². The first-order chi connectivity index (χ1) is 8.19. The number of carbonyl (C=O) groups excluding carboxylic acids is 1. The van der Waals surface area contributed by atoms with Crippen molar-refractivity contribution in [2.45, 2.75) is 44.9 Å². The van der Waals surface area contributed by atoms with Gasteiger partial charge in [0.2, 0.25) is 0 Å². The van der Waals surface area contributed by atoms with Crippen molar-refractivity contribution < 1.29 is 9.53 Å². The van der Waals surface area contributed by atoms with Gasteiger partial charge in [-0.3, -0.25) is 0 Å². The molecule has 2 heteroatoms. The maximum Gasteiger partial charge on any atom is 0.330 e. The lowest BCUT2D eigenvalue weighted by molar-refractivity contribution is -0.140. The lowest BCUT2D eigenvalue weighted by Crippen LogP contribution is -2.46. The summed E-state index contributed by atoms with van der Waals surface area (Å²) in [5, 5.41) is 0. The first-order valence-electron chi connectivity index (χ1n) is 6.98. The van der Waals surface area contributed by atoms with Gasteiger partial charge in [0.25, 0.3) is 0 Å². The summed E-state index contributed by atoms with van der Waals surface area (Å²) in [5.74, 6) is 2.68. The van der Waals surface area contributed by atoms with E-state index in [0.29, 0.717) is 12.0 Å². The standard InChI is InChI=1S/C15H22O2/c1-2-14(16)17-4-3-15-8-11-5-12(9-15)7-13(6-11)10-15/h2,11-13H,1,3-10H2. The Morgan fingerprint density at radius 3 is 2.18 bits per heavy atom. The van der Waals surface area contributed by atoms with Gasteiger partial charge < -0.3 is 4.74 Å². The molecule has 0 aromatic heterocycles. The smallest absolute Gasteiger partial charge is 0.330 e. The molecule has 0 amide bonds. The van der Waals surface area contributed by atoms with Crippen molar-refractivity contribution in [2.75, 3.05) is 6.61 Å². The normalized spacial score (nSPS) is 42.5. The fourth-order valence-electron chi connectivity index (χ4n) is 5.02. The third-order valence-corrected chi connectivity index (χ3v) is 5.21. The Labute approximate surface area is 103 Å². The maximum absolute atomic E-state index is 11.1. The molecule has 2 nitrogen and oxygen atoms in total. The molecule has 0 heterocycles. The number of ether oxygens (including phenoxy) is 1. The third kappa shape index (κ3) is 2.14. The summed E-state index contributed by atoms with van der Waals surface area (Å²) in [6.07, 6.45) is 11.0. The van der Waals surface area contributed by atoms with Crippen LogP contribution in [0.5, 0.6) is 0 Å². The molecular formula is C15H22O2. The van der Waals surface area contributed by atoms with Crippen LogP contribution < -0.4 is 0 Å². The van der Waals surface area contributed by atoms with E-state index in [1.165, 1.54) is 44.6 Å². The minimum absolute atomic E-state index is 0.269. The molecule has 0 radical (unpaired) electrons. The summed E-state index contributed by atoms with van der Waals surface area (Å²) < 4.78 is 5.17. The Hall–Kier alpha value is -0.790. The Morgan fingerprint density at radius 1 is 1.18 bits per heavy atom. The van der Waals surface area contributed by atoms with E-state index in [9.17, 15) is 4.79 Å². The van der Waals surface area contributed by atoms with Crippen molar-refractivity contribution in [1.29, 1.82) is 0 Å². The van der Waals surface area contributed by atoms with E-state index in [-0.39, 0.29) is 5.97 Å². The number of esters is 1. The van der Waals surface area contributed by atoms with Crippen molar-refractivity contribution in [3.05, 3.63) is 12.7 Å². The molecule has 0 spiro atoms. The minimum atomic E-state index is -0.269. The molecule has 0 saturated heterocycles. The molecule has 17 heavy (non-hydrogen) atoms. The van der Waals surface area contributed by atoms with Gasteiger partial charge in [-0.05, 0) is 68.1 Å². The van der Waals surface area contributed by atoms with Gasteiger partial charge in [0, 0.05) is 6.08 Å². The molecule has 4 aliphatic carbocycles. The highest BCUT2D eigenvalue weighted by Gasteiger charge is 2.50. The summed E-state index contributed by atoms with van der Waals surface area (Å²) in [6.45, 7) is 4.03. The molecule has 0 aliphatic heterocycles. The average Bonchev–Trinajstić information content (AvgIpc) is 2.26. The molecule has 0 unspecified atom stereocenters. The van der Waals surface area contributed by atoms with Gasteiger partial charge >= 0.3 is 5.97 Å². The highest BCUT2D eigenvalue weighted by molar-refractivity contribution is 5.81. The van der Waals surface area contributed by atoms with Gasteiger partial charge in [0.15, 0.2) is 0 Å². The molecule has 0 atom stereocenters. The molecule has 0 aromatic carbocycles. The van der Waals surface area contributed by atoms with Crippen molar-refractivity contribution in [2.24, 2.45) is 23.2 Å². The first-order valence-corrected chi connectivity index (χ1v) is 6.98. The van der Waals surface area contributed by atoms with E-state index in [2.05, 4.69) is 6.58 Å². The van der Waals surface area contributed by atoms with Crippen molar-refractivity contribution in [3.8, 4) is 0 Å². The number of hydrogen-bond acceptors (Lipinski definition) is 2. The van der Waals surface area contributed by atoms with E-state index in [1.54, 1.807) is 0 Å². The molecule has 4 bridgehead atoms. The summed E-state index contributed by atoms with van der Waals surface area (Å²) in [6, 6.07) is 0. The molecule has 4 saturated carbocycles. The Kier molecular flexibility index (Phi) is 2.76. The fraction of sp³-hybridized carbons (Fsp3) is 0.800. The van der Waals surface area contributed by atoms with Crippen LogP contribution in [0, 0.1) is 23.2 Å². The average molecular weight is 234 g/mol. The first kappa shape index (κ1) is 11.3. The van der Waals surface area contributed by atoms with Gasteiger partial charge in [-0.25, -0.2) is 4.79 Å². The zero-order chi connectivity index (χ0) is 11.9. The molecule has 4 aliphatic rings. The van der Waals surface area contributed by atoms with Crippen LogP contribution in [-0.2, 0) is 9.53 Å². The SMILES string of the molecule is C=CC(=O)OCCC12CC3CC(CC(C3)C1)C2. The second kappa shape index (κ2) is 4.15. The lowest BCUT2D eigenvalue weighted by Gasteiger charge is -2.57. The second-order valence-electron chi connectivity index (χ2n) is 6.54. The number of carbonyl (C=O) groups is 1. The van der Waals surface area contributed by atoms with E-state index >= 15 is 0 Å². The topological polar surface area (TPSA) is 26.3 Å². The van der Waals surface area contributed by atoms with Crippen LogP contribution in [-0.4, -0.2) is 12.6 Å². The molecule has 4 rings (SSSR count). The van der Waals surface area contributed by atoms with Gasteiger partial charge in [-0.15, -0.1) is 0 Å². The van der Waals surface area contributed by atoms with E-state index in [1.807, 2.05) is 0 Å². The van der Waals surface area contributed by atoms with Crippen LogP contribution in [0.4, 0.5) is 0 Å². The molecular weight excluding hydrogens is 212 g/mol. The molecule has 4 fully saturated rings. The molecule has 94 valence electrons. The van der Waals surface area contributed by atoms with Gasteiger partial charge in [0.05, 0.1) is 6.61 Å². The van der Waals surface area contributed by atoms with Crippen molar-refractivity contribution in [1.82, 2.24) is 0 Å². The van der Waals surface area contributed by atoms with Crippen LogP contribution >= 0.6 is 0 Å². The third-order valence-electron chi connectivity index (χ3n) is 5.21. The van der Waals surface area contributed by atoms with E-state index < -0.39 is 0 Å². The Balaban J connectivity index is 1.59. The fourth-order valence-corrected chi connectivity index (χ4v) is 5.02. The second-order valence-corrected chi connectivity index (χ2v) is 6.54. The summed E-state index contributed by atoms with van der Waals surface area (Å²) in [7, 11) is 0. The van der Waals surface area contributed by atoms with Gasteiger partial charge in [-0.1, -0.05) is 6.58 Å². The molecule has 0 N–H and O–H groups in total. The zero-order valence-electron chi connectivity index (χ0n) is 10.5.